The van der Waals surface area contributed by atoms with Gasteiger partial charge in [0.05, 0.1) is 0 Å². The van der Waals surface area contributed by atoms with Crippen molar-refractivity contribution in [3.8, 4) is 0 Å². The lowest BCUT2D eigenvalue weighted by Gasteiger charge is -2.40. The van der Waals surface area contributed by atoms with E-state index in [2.05, 4.69) is 23.6 Å². The minimum Gasteiger partial charge on any atom is -0.358 e. The van der Waals surface area contributed by atoms with Crippen molar-refractivity contribution in [3.05, 3.63) is 11.4 Å². The second kappa shape index (κ2) is 5.60. The number of likely N-dealkylation sites (tertiary alicyclic amines) is 2. The van der Waals surface area contributed by atoms with Gasteiger partial charge in [0.1, 0.15) is 5.82 Å². The fourth-order valence-electron chi connectivity index (χ4n) is 3.04. The molecule has 0 unspecified atom stereocenters. The Labute approximate surface area is 100 Å². The molecule has 0 radical (unpaired) electrons. The number of hydrogen-bond donors (Lipinski definition) is 0. The van der Waals surface area contributed by atoms with Gasteiger partial charge < -0.3 is 9.80 Å². The SMILES string of the molecule is CC(C)=C(N1CCCCC1)N1CCCCC1. The lowest BCUT2D eigenvalue weighted by Crippen LogP contribution is -2.41. The number of allylic oxidation sites excluding steroid dienone is 1. The summed E-state index contributed by atoms with van der Waals surface area (Å²) in [5.41, 5.74) is 1.50. The summed E-state index contributed by atoms with van der Waals surface area (Å²) in [6.45, 7) is 9.65. The predicted molar refractivity (Wildman–Crippen MR) is 69.2 cm³/mol. The van der Waals surface area contributed by atoms with Crippen molar-refractivity contribution in [2.75, 3.05) is 26.2 Å². The zero-order valence-corrected chi connectivity index (χ0v) is 11.0. The van der Waals surface area contributed by atoms with E-state index in [0.717, 1.165) is 0 Å². The molecule has 0 bridgehead atoms. The molecule has 2 nitrogen and oxygen atoms in total. The van der Waals surface area contributed by atoms with Crippen LogP contribution in [0.15, 0.2) is 11.4 Å². The minimum atomic E-state index is 1.27. The van der Waals surface area contributed by atoms with Gasteiger partial charge in [0.25, 0.3) is 0 Å². The molecule has 16 heavy (non-hydrogen) atoms. The second-order valence-electron chi connectivity index (χ2n) is 5.42. The average molecular weight is 222 g/mol. The Balaban J connectivity index is 2.06. The maximum atomic E-state index is 2.63. The van der Waals surface area contributed by atoms with Crippen molar-refractivity contribution in [3.63, 3.8) is 0 Å². The zero-order chi connectivity index (χ0) is 11.4. The molecule has 2 heterocycles. The largest absolute Gasteiger partial charge is 0.358 e. The molecule has 0 amide bonds. The van der Waals surface area contributed by atoms with Gasteiger partial charge in [-0.3, -0.25) is 0 Å². The molecule has 0 aliphatic carbocycles. The topological polar surface area (TPSA) is 6.48 Å². The molecule has 2 saturated heterocycles. The van der Waals surface area contributed by atoms with Gasteiger partial charge in [0.15, 0.2) is 0 Å². The van der Waals surface area contributed by atoms with Crippen LogP contribution in [0.4, 0.5) is 0 Å². The van der Waals surface area contributed by atoms with Crippen LogP contribution in [0, 0.1) is 0 Å². The lowest BCUT2D eigenvalue weighted by molar-refractivity contribution is 0.163. The van der Waals surface area contributed by atoms with Crippen LogP contribution in [0.3, 0.4) is 0 Å². The summed E-state index contributed by atoms with van der Waals surface area (Å²) >= 11 is 0. The number of rotatable bonds is 2. The average Bonchev–Trinajstić information content (AvgIpc) is 2.31. The van der Waals surface area contributed by atoms with Crippen LogP contribution >= 0.6 is 0 Å². The van der Waals surface area contributed by atoms with Crippen molar-refractivity contribution in [2.24, 2.45) is 0 Å². The third-order valence-electron chi connectivity index (χ3n) is 3.76. The Kier molecular flexibility index (Phi) is 4.14. The third kappa shape index (κ3) is 2.72. The Morgan fingerprint density at radius 3 is 1.31 bits per heavy atom. The van der Waals surface area contributed by atoms with Gasteiger partial charge in [-0.15, -0.1) is 0 Å². The van der Waals surface area contributed by atoms with E-state index in [4.69, 9.17) is 0 Å². The maximum absolute atomic E-state index is 2.63. The molecule has 92 valence electrons. The van der Waals surface area contributed by atoms with Crippen molar-refractivity contribution in [1.29, 1.82) is 0 Å². The summed E-state index contributed by atoms with van der Waals surface area (Å²) in [7, 11) is 0. The fourth-order valence-corrected chi connectivity index (χ4v) is 3.04. The molecule has 0 aromatic heterocycles. The smallest absolute Gasteiger partial charge is 0.102 e. The van der Waals surface area contributed by atoms with Gasteiger partial charge in [-0.05, 0) is 57.9 Å². The standard InChI is InChI=1S/C14H26N2/c1-13(2)14(15-9-5-3-6-10-15)16-11-7-4-8-12-16/h3-12H2,1-2H3. The van der Waals surface area contributed by atoms with Crippen LogP contribution in [0.1, 0.15) is 52.4 Å². The summed E-state index contributed by atoms with van der Waals surface area (Å²) in [6, 6.07) is 0. The van der Waals surface area contributed by atoms with Crippen LogP contribution in [0.5, 0.6) is 0 Å². The minimum absolute atomic E-state index is 1.27. The van der Waals surface area contributed by atoms with E-state index in [1.54, 1.807) is 5.82 Å². The number of hydrogen-bond acceptors (Lipinski definition) is 2. The van der Waals surface area contributed by atoms with Crippen molar-refractivity contribution < 1.29 is 0 Å². The highest BCUT2D eigenvalue weighted by Crippen LogP contribution is 2.23. The van der Waals surface area contributed by atoms with Gasteiger partial charge in [-0.25, -0.2) is 0 Å². The van der Waals surface area contributed by atoms with Gasteiger partial charge in [-0.1, -0.05) is 0 Å². The highest BCUT2D eigenvalue weighted by Gasteiger charge is 2.21. The van der Waals surface area contributed by atoms with E-state index in [0.29, 0.717) is 0 Å². The molecular formula is C14H26N2. The summed E-state index contributed by atoms with van der Waals surface area (Å²) < 4.78 is 0. The molecule has 0 N–H and O–H groups in total. The first kappa shape index (κ1) is 11.8. The molecule has 2 aliphatic heterocycles. The van der Waals surface area contributed by atoms with Gasteiger partial charge in [0.2, 0.25) is 0 Å². The molecule has 2 rings (SSSR count). The molecular weight excluding hydrogens is 196 g/mol. The number of piperidine rings is 2. The van der Waals surface area contributed by atoms with Crippen molar-refractivity contribution in [2.45, 2.75) is 52.4 Å². The van der Waals surface area contributed by atoms with Crippen LogP contribution in [-0.4, -0.2) is 36.0 Å². The Morgan fingerprint density at radius 2 is 1.00 bits per heavy atom. The van der Waals surface area contributed by atoms with Crippen molar-refractivity contribution >= 4 is 0 Å². The molecule has 0 aromatic rings. The highest BCUT2D eigenvalue weighted by molar-refractivity contribution is 5.09. The van der Waals surface area contributed by atoms with E-state index in [-0.39, 0.29) is 0 Å². The van der Waals surface area contributed by atoms with Crippen LogP contribution in [0.25, 0.3) is 0 Å². The lowest BCUT2D eigenvalue weighted by atomic mass is 10.1. The first-order valence-corrected chi connectivity index (χ1v) is 6.96. The molecule has 0 aromatic carbocycles. The Bertz CT molecular complexity index is 221. The van der Waals surface area contributed by atoms with Crippen LogP contribution in [0.2, 0.25) is 0 Å². The predicted octanol–water partition coefficient (Wildman–Crippen LogP) is 3.21. The molecule has 0 saturated carbocycles. The van der Waals surface area contributed by atoms with E-state index in [1.807, 2.05) is 0 Å². The number of nitrogens with zero attached hydrogens (tertiary/aromatic N) is 2. The Morgan fingerprint density at radius 1 is 0.625 bits per heavy atom. The summed E-state index contributed by atoms with van der Waals surface area (Å²) in [4.78, 5) is 5.26. The molecule has 2 heteroatoms. The zero-order valence-electron chi connectivity index (χ0n) is 11.0. The summed E-state index contributed by atoms with van der Waals surface area (Å²) in [5, 5.41) is 0. The van der Waals surface area contributed by atoms with E-state index >= 15 is 0 Å². The van der Waals surface area contributed by atoms with E-state index in [9.17, 15) is 0 Å². The van der Waals surface area contributed by atoms with Crippen LogP contribution < -0.4 is 0 Å². The fraction of sp³-hybridized carbons (Fsp3) is 0.857. The van der Waals surface area contributed by atoms with Crippen molar-refractivity contribution in [1.82, 2.24) is 9.80 Å². The monoisotopic (exact) mass is 222 g/mol. The van der Waals surface area contributed by atoms with Gasteiger partial charge >= 0.3 is 0 Å². The maximum Gasteiger partial charge on any atom is 0.102 e. The molecule has 2 aliphatic rings. The van der Waals surface area contributed by atoms with E-state index in [1.165, 1.54) is 70.3 Å². The molecule has 0 spiro atoms. The molecule has 2 fully saturated rings. The van der Waals surface area contributed by atoms with Gasteiger partial charge in [0, 0.05) is 26.2 Å². The first-order chi connectivity index (χ1) is 7.79. The van der Waals surface area contributed by atoms with Crippen LogP contribution in [-0.2, 0) is 0 Å². The normalized spacial score (nSPS) is 22.1. The van der Waals surface area contributed by atoms with E-state index < -0.39 is 0 Å². The van der Waals surface area contributed by atoms with Gasteiger partial charge in [-0.2, -0.15) is 0 Å². The Hall–Kier alpha value is -0.660. The molecule has 0 atom stereocenters. The third-order valence-corrected chi connectivity index (χ3v) is 3.76. The summed E-state index contributed by atoms with van der Waals surface area (Å²) in [5.74, 6) is 1.56. The summed E-state index contributed by atoms with van der Waals surface area (Å²) in [6.07, 6.45) is 8.36. The quantitative estimate of drug-likeness (QED) is 0.708. The highest BCUT2D eigenvalue weighted by atomic mass is 15.3. The second-order valence-corrected chi connectivity index (χ2v) is 5.42. The first-order valence-electron chi connectivity index (χ1n) is 6.96.